The number of aryl methyl sites for hydroxylation is 1. The lowest BCUT2D eigenvalue weighted by molar-refractivity contribution is 0.414. The Hall–Kier alpha value is -3.06. The number of methoxy groups -OCH3 is 1. The zero-order chi connectivity index (χ0) is 18.8. The molecule has 2 heterocycles. The summed E-state index contributed by atoms with van der Waals surface area (Å²) >= 11 is 1.56. The van der Waals surface area contributed by atoms with Crippen molar-refractivity contribution in [2.75, 3.05) is 7.11 Å². The molecular formula is C20H18N4O2S. The normalized spacial score (nSPS) is 11.0. The summed E-state index contributed by atoms with van der Waals surface area (Å²) in [5.74, 6) is 1.46. The van der Waals surface area contributed by atoms with Gasteiger partial charge in [0.15, 0.2) is 5.16 Å². The summed E-state index contributed by atoms with van der Waals surface area (Å²) in [5.41, 5.74) is 3.23. The van der Waals surface area contributed by atoms with E-state index in [1.54, 1.807) is 34.0 Å². The lowest BCUT2D eigenvalue weighted by Gasteiger charge is -2.08. The number of rotatable bonds is 5. The Bertz CT molecular complexity index is 1170. The van der Waals surface area contributed by atoms with E-state index in [1.807, 2.05) is 36.5 Å². The number of benzene rings is 2. The van der Waals surface area contributed by atoms with E-state index >= 15 is 0 Å². The molecule has 7 heteroatoms. The van der Waals surface area contributed by atoms with E-state index in [-0.39, 0.29) is 5.56 Å². The highest BCUT2D eigenvalue weighted by Gasteiger charge is 2.12. The number of aromatic nitrogens is 4. The van der Waals surface area contributed by atoms with Crippen LogP contribution in [0.2, 0.25) is 0 Å². The highest BCUT2D eigenvalue weighted by atomic mass is 32.2. The molecule has 2 aromatic heterocycles. The van der Waals surface area contributed by atoms with Gasteiger partial charge in [0.1, 0.15) is 5.75 Å². The Morgan fingerprint density at radius 2 is 1.93 bits per heavy atom. The maximum absolute atomic E-state index is 12.9. The van der Waals surface area contributed by atoms with Crippen molar-refractivity contribution in [1.82, 2.24) is 19.2 Å². The standard InChI is InChI=1S/C20H18N4O2S/c1-14-5-3-6-15(11-14)13-27-20-22-21-18-19(25)23(9-10-24(18)20)16-7-4-8-17(12-16)26-2/h3-12H,13H2,1-2H3. The zero-order valence-electron chi connectivity index (χ0n) is 15.0. The van der Waals surface area contributed by atoms with Crippen molar-refractivity contribution in [3.05, 3.63) is 82.4 Å². The first-order valence-electron chi connectivity index (χ1n) is 8.45. The molecule has 0 saturated carbocycles. The highest BCUT2D eigenvalue weighted by molar-refractivity contribution is 7.98. The Labute approximate surface area is 160 Å². The van der Waals surface area contributed by atoms with Crippen LogP contribution in [0, 0.1) is 6.92 Å². The quantitative estimate of drug-likeness (QED) is 0.498. The van der Waals surface area contributed by atoms with Crippen molar-refractivity contribution in [2.45, 2.75) is 17.8 Å². The molecule has 4 rings (SSSR count). The fourth-order valence-corrected chi connectivity index (χ4v) is 3.74. The molecule has 4 aromatic rings. The summed E-state index contributed by atoms with van der Waals surface area (Å²) in [7, 11) is 1.60. The van der Waals surface area contributed by atoms with Crippen LogP contribution in [-0.2, 0) is 5.75 Å². The monoisotopic (exact) mass is 378 g/mol. The molecule has 0 radical (unpaired) electrons. The van der Waals surface area contributed by atoms with Gasteiger partial charge in [0.2, 0.25) is 5.65 Å². The molecule has 0 spiro atoms. The minimum Gasteiger partial charge on any atom is -0.497 e. The first-order chi connectivity index (χ1) is 13.2. The molecule has 0 unspecified atom stereocenters. The summed E-state index contributed by atoms with van der Waals surface area (Å²) < 4.78 is 8.52. The van der Waals surface area contributed by atoms with Gasteiger partial charge >= 0.3 is 5.56 Å². The second-order valence-corrected chi connectivity index (χ2v) is 7.07. The van der Waals surface area contributed by atoms with E-state index in [2.05, 4.69) is 35.3 Å². The summed E-state index contributed by atoms with van der Waals surface area (Å²) in [4.78, 5) is 12.9. The van der Waals surface area contributed by atoms with Crippen LogP contribution in [0.3, 0.4) is 0 Å². The molecule has 0 bridgehead atoms. The maximum atomic E-state index is 12.9. The Balaban J connectivity index is 1.66. The van der Waals surface area contributed by atoms with Gasteiger partial charge in [-0.25, -0.2) is 0 Å². The van der Waals surface area contributed by atoms with Crippen molar-refractivity contribution in [2.24, 2.45) is 0 Å². The molecule has 6 nitrogen and oxygen atoms in total. The van der Waals surface area contributed by atoms with Gasteiger partial charge in [0, 0.05) is 24.2 Å². The summed E-state index contributed by atoms with van der Waals surface area (Å²) in [6.07, 6.45) is 3.54. The third-order valence-corrected chi connectivity index (χ3v) is 5.24. The molecule has 0 saturated heterocycles. The molecule has 0 N–H and O–H groups in total. The van der Waals surface area contributed by atoms with Crippen molar-refractivity contribution in [3.63, 3.8) is 0 Å². The van der Waals surface area contributed by atoms with Crippen LogP contribution in [0.1, 0.15) is 11.1 Å². The molecule has 0 fully saturated rings. The van der Waals surface area contributed by atoms with Gasteiger partial charge in [-0.1, -0.05) is 47.7 Å². The summed E-state index contributed by atoms with van der Waals surface area (Å²) in [6.45, 7) is 2.07. The molecular weight excluding hydrogens is 360 g/mol. The van der Waals surface area contributed by atoms with Crippen LogP contribution >= 0.6 is 11.8 Å². The lowest BCUT2D eigenvalue weighted by atomic mass is 10.2. The molecule has 0 aliphatic rings. The third kappa shape index (κ3) is 3.46. The van der Waals surface area contributed by atoms with Gasteiger partial charge in [0.05, 0.1) is 12.8 Å². The van der Waals surface area contributed by atoms with Gasteiger partial charge in [-0.15, -0.1) is 10.2 Å². The SMILES string of the molecule is COc1cccc(-n2ccn3c(SCc4cccc(C)c4)nnc3c2=O)c1. The average molecular weight is 378 g/mol. The van der Waals surface area contributed by atoms with E-state index < -0.39 is 0 Å². The number of nitrogens with zero attached hydrogens (tertiary/aromatic N) is 4. The van der Waals surface area contributed by atoms with Crippen LogP contribution < -0.4 is 10.3 Å². The molecule has 27 heavy (non-hydrogen) atoms. The summed E-state index contributed by atoms with van der Waals surface area (Å²) in [6, 6.07) is 15.7. The minimum atomic E-state index is -0.222. The van der Waals surface area contributed by atoms with Gasteiger partial charge in [-0.2, -0.15) is 0 Å². The van der Waals surface area contributed by atoms with Crippen molar-refractivity contribution < 1.29 is 4.74 Å². The lowest BCUT2D eigenvalue weighted by Crippen LogP contribution is -2.20. The maximum Gasteiger partial charge on any atom is 0.300 e. The zero-order valence-corrected chi connectivity index (χ0v) is 15.8. The predicted molar refractivity (Wildman–Crippen MR) is 106 cm³/mol. The van der Waals surface area contributed by atoms with Gasteiger partial charge in [-0.3, -0.25) is 13.8 Å². The number of thioether (sulfide) groups is 1. The largest absolute Gasteiger partial charge is 0.497 e. The van der Waals surface area contributed by atoms with Crippen LogP contribution in [0.25, 0.3) is 11.3 Å². The van der Waals surface area contributed by atoms with Crippen LogP contribution in [0.4, 0.5) is 0 Å². The third-order valence-electron chi connectivity index (χ3n) is 4.22. The van der Waals surface area contributed by atoms with Crippen LogP contribution in [0.15, 0.2) is 70.9 Å². The summed E-state index contributed by atoms with van der Waals surface area (Å²) in [5, 5.41) is 9.00. The molecule has 136 valence electrons. The number of hydrogen-bond acceptors (Lipinski definition) is 5. The first-order valence-corrected chi connectivity index (χ1v) is 9.43. The number of ether oxygens (including phenoxy) is 1. The van der Waals surface area contributed by atoms with Crippen molar-refractivity contribution in [1.29, 1.82) is 0 Å². The van der Waals surface area contributed by atoms with E-state index in [4.69, 9.17) is 4.74 Å². The van der Waals surface area contributed by atoms with Crippen molar-refractivity contribution in [3.8, 4) is 11.4 Å². The minimum absolute atomic E-state index is 0.222. The molecule has 2 aromatic carbocycles. The number of fused-ring (bicyclic) bond motifs is 1. The molecule has 0 amide bonds. The average Bonchev–Trinajstić information content (AvgIpc) is 3.11. The fraction of sp³-hybridized carbons (Fsp3) is 0.150. The topological polar surface area (TPSA) is 61.4 Å². The Morgan fingerprint density at radius 1 is 1.07 bits per heavy atom. The Kier molecular flexibility index (Phi) is 4.68. The smallest absolute Gasteiger partial charge is 0.300 e. The molecule has 0 aliphatic heterocycles. The van der Waals surface area contributed by atoms with Gasteiger partial charge < -0.3 is 4.74 Å². The predicted octanol–water partition coefficient (Wildman–Crippen LogP) is 3.49. The van der Waals surface area contributed by atoms with E-state index in [0.29, 0.717) is 16.6 Å². The van der Waals surface area contributed by atoms with E-state index in [0.717, 1.165) is 11.4 Å². The van der Waals surface area contributed by atoms with Crippen LogP contribution in [0.5, 0.6) is 5.75 Å². The highest BCUT2D eigenvalue weighted by Crippen LogP contribution is 2.22. The number of hydrogen-bond donors (Lipinski definition) is 0. The van der Waals surface area contributed by atoms with E-state index in [1.165, 1.54) is 11.1 Å². The van der Waals surface area contributed by atoms with Crippen molar-refractivity contribution >= 4 is 17.4 Å². The molecule has 0 atom stereocenters. The Morgan fingerprint density at radius 3 is 2.74 bits per heavy atom. The van der Waals surface area contributed by atoms with Gasteiger partial charge in [-0.05, 0) is 24.6 Å². The van der Waals surface area contributed by atoms with Gasteiger partial charge in [0.25, 0.3) is 0 Å². The second-order valence-electron chi connectivity index (χ2n) is 6.13. The van der Waals surface area contributed by atoms with Crippen LogP contribution in [-0.4, -0.2) is 26.3 Å². The molecule has 0 aliphatic carbocycles. The fourth-order valence-electron chi connectivity index (χ4n) is 2.88. The van der Waals surface area contributed by atoms with E-state index in [9.17, 15) is 4.79 Å². The second kappa shape index (κ2) is 7.28. The first kappa shape index (κ1) is 17.4.